The molecule has 2 rings (SSSR count). The maximum atomic E-state index is 12.2. The zero-order valence-electron chi connectivity index (χ0n) is 10.7. The predicted octanol–water partition coefficient (Wildman–Crippen LogP) is 1.77. The molecular formula is C13H14N2O3S. The minimum Gasteiger partial charge on any atom is -0.481 e. The summed E-state index contributed by atoms with van der Waals surface area (Å²) in [5.74, 6) is 0.125. The highest BCUT2D eigenvalue weighted by Gasteiger charge is 2.20. The molecule has 0 saturated carbocycles. The van der Waals surface area contributed by atoms with Crippen LogP contribution in [0.25, 0.3) is 0 Å². The molecule has 2 aromatic rings. The Morgan fingerprint density at radius 3 is 2.47 bits per heavy atom. The van der Waals surface area contributed by atoms with Crippen LogP contribution < -0.4 is 4.74 Å². The normalized spacial score (nSPS) is 11.3. The molecule has 0 atom stereocenters. The second-order valence-electron chi connectivity index (χ2n) is 4.08. The first-order valence-electron chi connectivity index (χ1n) is 5.67. The van der Waals surface area contributed by atoms with Crippen molar-refractivity contribution in [2.75, 3.05) is 7.11 Å². The van der Waals surface area contributed by atoms with E-state index in [9.17, 15) is 8.42 Å². The molecule has 0 fully saturated rings. The lowest BCUT2D eigenvalue weighted by molar-refractivity contribution is 0.390. The summed E-state index contributed by atoms with van der Waals surface area (Å²) in [6, 6.07) is 10.5. The lowest BCUT2D eigenvalue weighted by atomic mass is 10.2. The van der Waals surface area contributed by atoms with Crippen LogP contribution in [0.5, 0.6) is 5.88 Å². The molecule has 0 saturated heterocycles. The first-order valence-corrected chi connectivity index (χ1v) is 7.33. The molecule has 100 valence electrons. The standard InChI is InChI=1S/C13H14N2O3S/c1-10-8-12(18-2)15-13(14-10)19(16,17)9-11-6-4-3-5-7-11/h3-8H,9H2,1-2H3. The van der Waals surface area contributed by atoms with Crippen molar-refractivity contribution in [3.8, 4) is 5.88 Å². The number of aromatic nitrogens is 2. The summed E-state index contributed by atoms with van der Waals surface area (Å²) in [4.78, 5) is 7.87. The van der Waals surface area contributed by atoms with Crippen LogP contribution in [-0.2, 0) is 15.6 Å². The predicted molar refractivity (Wildman–Crippen MR) is 70.7 cm³/mol. The van der Waals surface area contributed by atoms with Crippen LogP contribution in [0.2, 0.25) is 0 Å². The summed E-state index contributed by atoms with van der Waals surface area (Å²) >= 11 is 0. The molecule has 0 aliphatic rings. The quantitative estimate of drug-likeness (QED) is 0.797. The fourth-order valence-corrected chi connectivity index (χ4v) is 2.89. The number of rotatable bonds is 4. The fourth-order valence-electron chi connectivity index (χ4n) is 1.62. The van der Waals surface area contributed by atoms with Gasteiger partial charge in [0.2, 0.25) is 15.7 Å². The van der Waals surface area contributed by atoms with Crippen LogP contribution >= 0.6 is 0 Å². The Labute approximate surface area is 112 Å². The number of hydrogen-bond acceptors (Lipinski definition) is 5. The van der Waals surface area contributed by atoms with Gasteiger partial charge in [-0.15, -0.1) is 0 Å². The van der Waals surface area contributed by atoms with Gasteiger partial charge in [-0.3, -0.25) is 0 Å². The maximum absolute atomic E-state index is 12.2. The van der Waals surface area contributed by atoms with E-state index >= 15 is 0 Å². The lowest BCUT2D eigenvalue weighted by Gasteiger charge is -2.06. The smallest absolute Gasteiger partial charge is 0.250 e. The molecule has 0 radical (unpaired) electrons. The van der Waals surface area contributed by atoms with Gasteiger partial charge in [0.1, 0.15) is 0 Å². The van der Waals surface area contributed by atoms with Crippen molar-refractivity contribution in [3.05, 3.63) is 47.7 Å². The molecule has 0 bridgehead atoms. The van der Waals surface area contributed by atoms with E-state index in [0.29, 0.717) is 11.3 Å². The minimum atomic E-state index is -3.57. The van der Waals surface area contributed by atoms with Gasteiger partial charge in [0.15, 0.2) is 0 Å². The Morgan fingerprint density at radius 1 is 1.16 bits per heavy atom. The van der Waals surface area contributed by atoms with Crippen molar-refractivity contribution in [2.24, 2.45) is 0 Å². The van der Waals surface area contributed by atoms with Gasteiger partial charge in [0.05, 0.1) is 12.9 Å². The van der Waals surface area contributed by atoms with Gasteiger partial charge < -0.3 is 4.74 Å². The van der Waals surface area contributed by atoms with Crippen LogP contribution in [0.15, 0.2) is 41.6 Å². The molecule has 0 unspecified atom stereocenters. The number of sulfone groups is 1. The molecule has 0 aliphatic heterocycles. The van der Waals surface area contributed by atoms with Gasteiger partial charge in [-0.05, 0) is 12.5 Å². The molecule has 1 aromatic carbocycles. The van der Waals surface area contributed by atoms with Gasteiger partial charge in [0, 0.05) is 11.8 Å². The second-order valence-corrected chi connectivity index (χ2v) is 5.96. The zero-order valence-corrected chi connectivity index (χ0v) is 11.5. The number of nitrogens with zero attached hydrogens (tertiary/aromatic N) is 2. The molecule has 5 nitrogen and oxygen atoms in total. The fraction of sp³-hybridized carbons (Fsp3) is 0.231. The number of ether oxygens (including phenoxy) is 1. The Morgan fingerprint density at radius 2 is 1.84 bits per heavy atom. The van der Waals surface area contributed by atoms with E-state index < -0.39 is 9.84 Å². The summed E-state index contributed by atoms with van der Waals surface area (Å²) in [5.41, 5.74) is 1.25. The maximum Gasteiger partial charge on any atom is 0.250 e. The molecule has 1 heterocycles. The summed E-state index contributed by atoms with van der Waals surface area (Å²) < 4.78 is 29.4. The summed E-state index contributed by atoms with van der Waals surface area (Å²) in [7, 11) is -2.13. The average Bonchev–Trinajstić information content (AvgIpc) is 2.38. The highest BCUT2D eigenvalue weighted by molar-refractivity contribution is 7.90. The molecular weight excluding hydrogens is 264 g/mol. The van der Waals surface area contributed by atoms with Crippen LogP contribution in [0.1, 0.15) is 11.3 Å². The van der Waals surface area contributed by atoms with Crippen molar-refractivity contribution < 1.29 is 13.2 Å². The van der Waals surface area contributed by atoms with Gasteiger partial charge in [0.25, 0.3) is 5.16 Å². The molecule has 1 aromatic heterocycles. The van der Waals surface area contributed by atoms with Crippen LogP contribution in [0.4, 0.5) is 0 Å². The van der Waals surface area contributed by atoms with Crippen molar-refractivity contribution >= 4 is 9.84 Å². The number of benzene rings is 1. The van der Waals surface area contributed by atoms with E-state index in [4.69, 9.17) is 4.74 Å². The van der Waals surface area contributed by atoms with E-state index in [1.165, 1.54) is 7.11 Å². The average molecular weight is 278 g/mol. The first kappa shape index (κ1) is 13.5. The van der Waals surface area contributed by atoms with E-state index in [1.807, 2.05) is 6.07 Å². The molecule has 0 amide bonds. The van der Waals surface area contributed by atoms with Crippen LogP contribution in [0, 0.1) is 6.92 Å². The van der Waals surface area contributed by atoms with E-state index in [1.54, 1.807) is 37.3 Å². The van der Waals surface area contributed by atoms with Crippen LogP contribution in [0.3, 0.4) is 0 Å². The highest BCUT2D eigenvalue weighted by Crippen LogP contribution is 2.16. The van der Waals surface area contributed by atoms with Gasteiger partial charge in [-0.25, -0.2) is 13.4 Å². The Kier molecular flexibility index (Phi) is 3.80. The summed E-state index contributed by atoms with van der Waals surface area (Å²) in [5, 5.41) is -0.201. The third-order valence-corrected chi connectivity index (χ3v) is 3.95. The first-order chi connectivity index (χ1) is 9.01. The lowest BCUT2D eigenvalue weighted by Crippen LogP contribution is -2.11. The SMILES string of the molecule is COc1cc(C)nc(S(=O)(=O)Cc2ccccc2)n1. The van der Waals surface area contributed by atoms with E-state index in [2.05, 4.69) is 9.97 Å². The largest absolute Gasteiger partial charge is 0.481 e. The third kappa shape index (κ3) is 3.29. The summed E-state index contributed by atoms with van der Waals surface area (Å²) in [6.07, 6.45) is 0. The molecule has 0 spiro atoms. The minimum absolute atomic E-state index is 0.125. The zero-order chi connectivity index (χ0) is 13.9. The Hall–Kier alpha value is -1.95. The molecule has 0 aliphatic carbocycles. The second kappa shape index (κ2) is 5.36. The highest BCUT2D eigenvalue weighted by atomic mass is 32.2. The van der Waals surface area contributed by atoms with Crippen molar-refractivity contribution in [1.29, 1.82) is 0 Å². The monoisotopic (exact) mass is 278 g/mol. The van der Waals surface area contributed by atoms with Crippen molar-refractivity contribution in [2.45, 2.75) is 17.8 Å². The van der Waals surface area contributed by atoms with Gasteiger partial charge in [-0.1, -0.05) is 30.3 Å². The number of aryl methyl sites for hydroxylation is 1. The summed E-state index contributed by atoms with van der Waals surface area (Å²) in [6.45, 7) is 1.70. The van der Waals surface area contributed by atoms with Gasteiger partial charge in [-0.2, -0.15) is 4.98 Å². The van der Waals surface area contributed by atoms with Gasteiger partial charge >= 0.3 is 0 Å². The van der Waals surface area contributed by atoms with Crippen molar-refractivity contribution in [3.63, 3.8) is 0 Å². The number of hydrogen-bond donors (Lipinski definition) is 0. The van der Waals surface area contributed by atoms with Crippen LogP contribution in [-0.4, -0.2) is 25.5 Å². The molecule has 6 heteroatoms. The van der Waals surface area contributed by atoms with Crippen molar-refractivity contribution in [1.82, 2.24) is 9.97 Å². The molecule has 19 heavy (non-hydrogen) atoms. The molecule has 0 N–H and O–H groups in total. The van der Waals surface area contributed by atoms with E-state index in [0.717, 1.165) is 0 Å². The Balaban J connectivity index is 2.37. The third-order valence-electron chi connectivity index (χ3n) is 2.50. The van der Waals surface area contributed by atoms with E-state index in [-0.39, 0.29) is 16.8 Å². The Bertz CT molecular complexity index is 670. The topological polar surface area (TPSA) is 69.2 Å². The number of methoxy groups -OCH3 is 1.